The van der Waals surface area contributed by atoms with Gasteiger partial charge >= 0.3 is 0 Å². The minimum absolute atomic E-state index is 0.0308. The van der Waals surface area contributed by atoms with Gasteiger partial charge in [0.15, 0.2) is 0 Å². The number of nitro benzene ring substituents is 1. The first-order valence-corrected chi connectivity index (χ1v) is 8.38. The van der Waals surface area contributed by atoms with Gasteiger partial charge in [-0.3, -0.25) is 14.9 Å². The number of allylic oxidation sites excluding steroid dienone is 1. The fraction of sp³-hybridized carbons (Fsp3) is 0.111. The Kier molecular flexibility index (Phi) is 4.28. The third kappa shape index (κ3) is 3.07. The molecule has 0 aliphatic carbocycles. The monoisotopic (exact) mass is 377 g/mol. The van der Waals surface area contributed by atoms with Gasteiger partial charge in [-0.15, -0.1) is 0 Å². The van der Waals surface area contributed by atoms with Crippen LogP contribution in [0.15, 0.2) is 66.3 Å². The van der Waals surface area contributed by atoms with Crippen molar-refractivity contribution in [1.82, 2.24) is 19.7 Å². The van der Waals surface area contributed by atoms with Gasteiger partial charge in [-0.25, -0.2) is 9.67 Å². The number of rotatable bonds is 4. The number of aromatic nitrogens is 4. The number of hydrogen-bond donors (Lipinski definition) is 2. The summed E-state index contributed by atoms with van der Waals surface area (Å²) in [4.78, 5) is 31.8. The number of nitrogens with zero attached hydrogens (tertiary/aromatic N) is 5. The van der Waals surface area contributed by atoms with E-state index in [4.69, 9.17) is 0 Å². The molecule has 1 aromatic carbocycles. The Labute approximate surface area is 159 Å². The van der Waals surface area contributed by atoms with Gasteiger partial charge in [0.25, 0.3) is 11.6 Å². The van der Waals surface area contributed by atoms with Crippen LogP contribution in [0, 0.1) is 10.1 Å². The first kappa shape index (κ1) is 17.3. The van der Waals surface area contributed by atoms with Crippen LogP contribution >= 0.6 is 0 Å². The van der Waals surface area contributed by atoms with Crippen molar-refractivity contribution in [3.05, 3.63) is 81.9 Å². The molecular weight excluding hydrogens is 362 g/mol. The molecule has 10 heteroatoms. The molecule has 4 rings (SSSR count). The Balaban J connectivity index is 1.76. The molecule has 1 aliphatic rings. The average molecular weight is 377 g/mol. The molecule has 2 N–H and O–H groups in total. The molecule has 0 bridgehead atoms. The third-order valence-electron chi connectivity index (χ3n) is 4.37. The molecule has 28 heavy (non-hydrogen) atoms. The lowest BCUT2D eigenvalue weighted by atomic mass is 9.95. The van der Waals surface area contributed by atoms with Crippen molar-refractivity contribution in [3.63, 3.8) is 0 Å². The van der Waals surface area contributed by atoms with Crippen LogP contribution in [0.1, 0.15) is 18.5 Å². The zero-order chi connectivity index (χ0) is 19.7. The van der Waals surface area contributed by atoms with E-state index in [-0.39, 0.29) is 11.6 Å². The topological polar surface area (TPSA) is 128 Å². The van der Waals surface area contributed by atoms with Crippen molar-refractivity contribution >= 4 is 23.4 Å². The van der Waals surface area contributed by atoms with E-state index in [0.29, 0.717) is 28.6 Å². The maximum absolute atomic E-state index is 13.0. The largest absolute Gasteiger partial charge is 0.328 e. The van der Waals surface area contributed by atoms with Crippen LogP contribution in [0.4, 0.5) is 17.5 Å². The Bertz CT molecular complexity index is 1070. The molecule has 0 spiro atoms. The quantitative estimate of drug-likeness (QED) is 0.528. The molecule has 1 atom stereocenters. The molecular formula is C18H15N7O3. The Morgan fingerprint density at radius 1 is 1.21 bits per heavy atom. The van der Waals surface area contributed by atoms with Gasteiger partial charge in [-0.1, -0.05) is 6.07 Å². The van der Waals surface area contributed by atoms with Crippen LogP contribution in [0.2, 0.25) is 0 Å². The summed E-state index contributed by atoms with van der Waals surface area (Å²) >= 11 is 0. The molecule has 140 valence electrons. The van der Waals surface area contributed by atoms with E-state index >= 15 is 0 Å². The van der Waals surface area contributed by atoms with Crippen LogP contribution < -0.4 is 10.6 Å². The molecule has 3 heterocycles. The lowest BCUT2D eigenvalue weighted by Crippen LogP contribution is -2.31. The molecule has 3 aromatic rings. The van der Waals surface area contributed by atoms with Crippen molar-refractivity contribution in [2.75, 3.05) is 10.6 Å². The van der Waals surface area contributed by atoms with Crippen LogP contribution in [0.3, 0.4) is 0 Å². The molecule has 1 amide bonds. The zero-order valence-electron chi connectivity index (χ0n) is 14.7. The van der Waals surface area contributed by atoms with Gasteiger partial charge in [0.2, 0.25) is 5.95 Å². The second-order valence-corrected chi connectivity index (χ2v) is 6.11. The minimum Gasteiger partial charge on any atom is -0.328 e. The van der Waals surface area contributed by atoms with Crippen molar-refractivity contribution in [2.24, 2.45) is 0 Å². The summed E-state index contributed by atoms with van der Waals surface area (Å²) in [7, 11) is 0. The highest BCUT2D eigenvalue weighted by Gasteiger charge is 2.33. The number of nitrogens with one attached hydrogen (secondary N) is 2. The van der Waals surface area contributed by atoms with Crippen molar-refractivity contribution < 1.29 is 9.72 Å². The van der Waals surface area contributed by atoms with Crippen molar-refractivity contribution in [1.29, 1.82) is 0 Å². The van der Waals surface area contributed by atoms with E-state index in [9.17, 15) is 14.9 Å². The SMILES string of the molecule is CC1=C(C(=O)Nc2ccccn2)[C@H](c2ccc([N+](=O)[O-])cc2)n2ncnc2N1. The van der Waals surface area contributed by atoms with E-state index in [1.165, 1.54) is 18.5 Å². The smallest absolute Gasteiger partial charge is 0.269 e. The molecule has 1 aliphatic heterocycles. The average Bonchev–Trinajstić information content (AvgIpc) is 3.15. The van der Waals surface area contributed by atoms with Gasteiger partial charge in [0.05, 0.1) is 10.5 Å². The van der Waals surface area contributed by atoms with E-state index in [2.05, 4.69) is 25.7 Å². The third-order valence-corrected chi connectivity index (χ3v) is 4.37. The summed E-state index contributed by atoms with van der Waals surface area (Å²) < 4.78 is 1.57. The molecule has 0 unspecified atom stereocenters. The lowest BCUT2D eigenvalue weighted by molar-refractivity contribution is -0.384. The molecule has 0 saturated carbocycles. The number of carbonyl (C=O) groups excluding carboxylic acids is 1. The fourth-order valence-electron chi connectivity index (χ4n) is 3.09. The van der Waals surface area contributed by atoms with Crippen LogP contribution in [0.25, 0.3) is 0 Å². The van der Waals surface area contributed by atoms with Gasteiger partial charge in [-0.05, 0) is 36.8 Å². The summed E-state index contributed by atoms with van der Waals surface area (Å²) in [5.74, 6) is 0.545. The van der Waals surface area contributed by atoms with Gasteiger partial charge in [0, 0.05) is 24.0 Å². The maximum atomic E-state index is 13.0. The molecule has 10 nitrogen and oxygen atoms in total. The summed E-state index contributed by atoms with van der Waals surface area (Å²) in [5, 5.41) is 21.0. The van der Waals surface area contributed by atoms with Gasteiger partial charge in [-0.2, -0.15) is 10.1 Å². The second kappa shape index (κ2) is 6.91. The number of benzene rings is 1. The summed E-state index contributed by atoms with van der Waals surface area (Å²) in [6.45, 7) is 1.77. The summed E-state index contributed by atoms with van der Waals surface area (Å²) in [6.07, 6.45) is 2.97. The fourth-order valence-corrected chi connectivity index (χ4v) is 3.09. The minimum atomic E-state index is -0.594. The van der Waals surface area contributed by atoms with Crippen molar-refractivity contribution in [3.8, 4) is 0 Å². The number of pyridine rings is 1. The van der Waals surface area contributed by atoms with Gasteiger partial charge in [0.1, 0.15) is 18.2 Å². The highest BCUT2D eigenvalue weighted by atomic mass is 16.6. The second-order valence-electron chi connectivity index (χ2n) is 6.11. The number of non-ortho nitro benzene ring substituents is 1. The van der Waals surface area contributed by atoms with E-state index in [0.717, 1.165) is 0 Å². The summed E-state index contributed by atoms with van der Waals surface area (Å²) in [5.41, 5.74) is 1.66. The predicted octanol–water partition coefficient (Wildman–Crippen LogP) is 2.51. The first-order chi connectivity index (χ1) is 13.5. The Morgan fingerprint density at radius 3 is 2.68 bits per heavy atom. The molecule has 0 saturated heterocycles. The van der Waals surface area contributed by atoms with Crippen LogP contribution in [0.5, 0.6) is 0 Å². The van der Waals surface area contributed by atoms with Gasteiger partial charge < -0.3 is 10.6 Å². The van der Waals surface area contributed by atoms with Crippen LogP contribution in [-0.4, -0.2) is 30.6 Å². The summed E-state index contributed by atoms with van der Waals surface area (Å²) in [6, 6.07) is 10.6. The van der Waals surface area contributed by atoms with Crippen LogP contribution in [-0.2, 0) is 4.79 Å². The molecule has 2 aromatic heterocycles. The number of fused-ring (bicyclic) bond motifs is 1. The first-order valence-electron chi connectivity index (χ1n) is 8.38. The molecule has 0 radical (unpaired) electrons. The highest BCUT2D eigenvalue weighted by Crippen LogP contribution is 2.35. The maximum Gasteiger partial charge on any atom is 0.269 e. The van der Waals surface area contributed by atoms with E-state index < -0.39 is 11.0 Å². The normalized spacial score (nSPS) is 15.5. The number of carbonyl (C=O) groups is 1. The Morgan fingerprint density at radius 2 is 2.00 bits per heavy atom. The van der Waals surface area contributed by atoms with E-state index in [1.54, 1.807) is 48.1 Å². The highest BCUT2D eigenvalue weighted by molar-refractivity contribution is 6.05. The number of nitro groups is 1. The predicted molar refractivity (Wildman–Crippen MR) is 100 cm³/mol. The van der Waals surface area contributed by atoms with Crippen molar-refractivity contribution in [2.45, 2.75) is 13.0 Å². The Hall–Kier alpha value is -4.08. The standard InChI is InChI=1S/C18H15N7O3/c1-11-15(17(26)23-14-4-2-3-9-19-14)16(24-18(22-11)20-10-21-24)12-5-7-13(8-6-12)25(27)28/h2-10,16H,1H3,(H,19,23,26)(H,20,21,22)/t16-/m0/s1. The number of amides is 1. The zero-order valence-corrected chi connectivity index (χ0v) is 14.7. The van der Waals surface area contributed by atoms with E-state index in [1.807, 2.05) is 0 Å². The molecule has 0 fully saturated rings. The number of anilines is 2. The lowest BCUT2D eigenvalue weighted by Gasteiger charge is -2.28. The number of hydrogen-bond acceptors (Lipinski definition) is 7.